The van der Waals surface area contributed by atoms with E-state index in [4.69, 9.17) is 0 Å². The second-order valence-electron chi connectivity index (χ2n) is 2.90. The Morgan fingerprint density at radius 3 is 2.91 bits per heavy atom. The summed E-state index contributed by atoms with van der Waals surface area (Å²) >= 11 is 0. The highest BCUT2D eigenvalue weighted by molar-refractivity contribution is 5.21. The number of nitrogens with zero attached hydrogens (tertiary/aromatic N) is 2. The van der Waals surface area contributed by atoms with Gasteiger partial charge in [-0.3, -0.25) is 0 Å². The van der Waals surface area contributed by atoms with E-state index in [0.29, 0.717) is 11.6 Å². The predicted octanol–water partition coefficient (Wildman–Crippen LogP) is 1.18. The van der Waals surface area contributed by atoms with Gasteiger partial charge < -0.3 is 5.11 Å². The van der Waals surface area contributed by atoms with Crippen LogP contribution < -0.4 is 0 Å². The van der Waals surface area contributed by atoms with Crippen LogP contribution in [0.5, 0.6) is 5.75 Å². The monoisotopic (exact) mass is 151 g/mol. The fraction of sp³-hybridized carbons (Fsp3) is 0.500. The van der Waals surface area contributed by atoms with Crippen LogP contribution in [0.2, 0.25) is 0 Å². The summed E-state index contributed by atoms with van der Waals surface area (Å²) in [5.74, 6) is 0.654. The van der Waals surface area contributed by atoms with Crippen LogP contribution in [0.25, 0.3) is 0 Å². The molecule has 0 saturated heterocycles. The Balaban J connectivity index is 2.78. The second-order valence-corrected chi connectivity index (χ2v) is 2.90. The van der Waals surface area contributed by atoms with Crippen LogP contribution in [0.15, 0.2) is 6.20 Å². The summed E-state index contributed by atoms with van der Waals surface area (Å²) in [6, 6.07) is 0. The molecular weight excluding hydrogens is 140 g/mol. The quantitative estimate of drug-likeness (QED) is 0.690. The largest absolute Gasteiger partial charge is 0.504 e. The van der Waals surface area contributed by atoms with Crippen molar-refractivity contribution in [3.63, 3.8) is 0 Å². The molecule has 1 aromatic heterocycles. The molecule has 3 heteroatoms. The highest BCUT2D eigenvalue weighted by Gasteiger charge is 2.03. The third-order valence-corrected chi connectivity index (χ3v) is 1.33. The number of hydrogen-bond acceptors (Lipinski definition) is 3. The molecule has 0 aliphatic rings. The zero-order chi connectivity index (χ0) is 8.27. The molecule has 0 aliphatic carbocycles. The van der Waals surface area contributed by atoms with Gasteiger partial charge in [0.05, 0.1) is 11.9 Å². The third kappa shape index (κ3) is 2.18. The Morgan fingerprint density at radius 1 is 1.64 bits per heavy atom. The van der Waals surface area contributed by atoms with Gasteiger partial charge in [-0.05, 0) is 12.3 Å². The van der Waals surface area contributed by atoms with Gasteiger partial charge in [-0.25, -0.2) is 9.97 Å². The van der Waals surface area contributed by atoms with E-state index < -0.39 is 0 Å². The van der Waals surface area contributed by atoms with E-state index in [1.807, 2.05) is 0 Å². The van der Waals surface area contributed by atoms with Gasteiger partial charge in [0, 0.05) is 0 Å². The maximum atomic E-state index is 9.21. The van der Waals surface area contributed by atoms with Crippen molar-refractivity contribution in [1.82, 2.24) is 9.97 Å². The van der Waals surface area contributed by atoms with Gasteiger partial charge in [-0.1, -0.05) is 13.8 Å². The zero-order valence-corrected chi connectivity index (χ0v) is 6.70. The fourth-order valence-electron chi connectivity index (χ4n) is 0.848. The van der Waals surface area contributed by atoms with Crippen molar-refractivity contribution in [2.75, 3.05) is 0 Å². The summed E-state index contributed by atoms with van der Waals surface area (Å²) in [5, 5.41) is 9.21. The number of aromatic nitrogens is 2. The van der Waals surface area contributed by atoms with E-state index >= 15 is 0 Å². The molecule has 0 atom stereocenters. The van der Waals surface area contributed by atoms with E-state index in [1.165, 1.54) is 6.20 Å². The lowest BCUT2D eigenvalue weighted by Gasteiger charge is -2.03. The van der Waals surface area contributed by atoms with Crippen molar-refractivity contribution in [2.24, 2.45) is 5.92 Å². The van der Waals surface area contributed by atoms with E-state index in [9.17, 15) is 5.11 Å². The molecule has 0 aromatic carbocycles. The highest BCUT2D eigenvalue weighted by atomic mass is 16.3. The molecule has 1 radical (unpaired) electrons. The van der Waals surface area contributed by atoms with E-state index in [1.54, 1.807) is 0 Å². The Kier molecular flexibility index (Phi) is 2.41. The highest BCUT2D eigenvalue weighted by Crippen LogP contribution is 2.14. The SMILES string of the molecule is CC(C)Cc1n[c]ncc1O. The Bertz CT molecular complexity index is 235. The van der Waals surface area contributed by atoms with Crippen LogP contribution in [0.3, 0.4) is 0 Å². The number of rotatable bonds is 2. The Morgan fingerprint density at radius 2 is 2.36 bits per heavy atom. The molecule has 1 heterocycles. The lowest BCUT2D eigenvalue weighted by atomic mass is 10.1. The normalized spacial score (nSPS) is 10.5. The summed E-state index contributed by atoms with van der Waals surface area (Å²) in [4.78, 5) is 7.40. The molecule has 1 rings (SSSR count). The first kappa shape index (κ1) is 7.98. The lowest BCUT2D eigenvalue weighted by molar-refractivity contribution is 0.453. The first-order valence-electron chi connectivity index (χ1n) is 3.61. The topological polar surface area (TPSA) is 46.0 Å². The first-order valence-corrected chi connectivity index (χ1v) is 3.61. The van der Waals surface area contributed by atoms with Crippen LogP contribution in [-0.4, -0.2) is 15.1 Å². The molecule has 0 saturated carbocycles. The van der Waals surface area contributed by atoms with Gasteiger partial charge in [0.1, 0.15) is 0 Å². The van der Waals surface area contributed by atoms with Crippen molar-refractivity contribution in [3.05, 3.63) is 18.2 Å². The molecule has 0 aliphatic heterocycles. The third-order valence-electron chi connectivity index (χ3n) is 1.33. The molecule has 0 fully saturated rings. The average Bonchev–Trinajstić information content (AvgIpc) is 1.93. The maximum Gasteiger partial charge on any atom is 0.198 e. The van der Waals surface area contributed by atoms with Gasteiger partial charge in [0.25, 0.3) is 0 Å². The van der Waals surface area contributed by atoms with Crippen LogP contribution in [-0.2, 0) is 6.42 Å². The summed E-state index contributed by atoms with van der Waals surface area (Å²) in [7, 11) is 0. The molecule has 0 amide bonds. The van der Waals surface area contributed by atoms with Crippen molar-refractivity contribution in [2.45, 2.75) is 20.3 Å². The van der Waals surface area contributed by atoms with E-state index in [2.05, 4.69) is 30.1 Å². The van der Waals surface area contributed by atoms with Crippen molar-refractivity contribution >= 4 is 0 Å². The minimum Gasteiger partial charge on any atom is -0.504 e. The molecule has 0 spiro atoms. The minimum absolute atomic E-state index is 0.164. The maximum absolute atomic E-state index is 9.21. The summed E-state index contributed by atoms with van der Waals surface area (Å²) < 4.78 is 0. The smallest absolute Gasteiger partial charge is 0.198 e. The number of hydrogen-bond donors (Lipinski definition) is 1. The zero-order valence-electron chi connectivity index (χ0n) is 6.70. The van der Waals surface area contributed by atoms with Gasteiger partial charge in [0.15, 0.2) is 12.1 Å². The van der Waals surface area contributed by atoms with Gasteiger partial charge in [-0.15, -0.1) is 0 Å². The van der Waals surface area contributed by atoms with Crippen molar-refractivity contribution < 1.29 is 5.11 Å². The van der Waals surface area contributed by atoms with Gasteiger partial charge in [0.2, 0.25) is 0 Å². The summed E-state index contributed by atoms with van der Waals surface area (Å²) in [5.41, 5.74) is 0.676. The van der Waals surface area contributed by atoms with E-state index in [0.717, 1.165) is 6.42 Å². The van der Waals surface area contributed by atoms with Crippen LogP contribution in [0.4, 0.5) is 0 Å². The summed E-state index contributed by atoms with van der Waals surface area (Å²) in [6.07, 6.45) is 4.58. The van der Waals surface area contributed by atoms with E-state index in [-0.39, 0.29) is 5.75 Å². The Hall–Kier alpha value is -1.12. The van der Waals surface area contributed by atoms with Crippen molar-refractivity contribution in [1.29, 1.82) is 0 Å². The molecule has 1 N–H and O–H groups in total. The average molecular weight is 151 g/mol. The predicted molar refractivity (Wildman–Crippen MR) is 41.1 cm³/mol. The number of aromatic hydroxyl groups is 1. The standard InChI is InChI=1S/C8H11N2O/c1-6(2)3-7-8(11)4-9-5-10-7/h4,6,11H,3H2,1-2H3. The van der Waals surface area contributed by atoms with Gasteiger partial charge >= 0.3 is 0 Å². The molecule has 3 nitrogen and oxygen atoms in total. The van der Waals surface area contributed by atoms with Crippen LogP contribution >= 0.6 is 0 Å². The molecule has 0 bridgehead atoms. The van der Waals surface area contributed by atoms with Gasteiger partial charge in [-0.2, -0.15) is 0 Å². The Labute approximate surface area is 66.1 Å². The lowest BCUT2D eigenvalue weighted by Crippen LogP contribution is -1.97. The first-order chi connectivity index (χ1) is 5.20. The fourth-order valence-corrected chi connectivity index (χ4v) is 0.848. The molecule has 1 aromatic rings. The summed E-state index contributed by atoms with van der Waals surface area (Å²) in [6.45, 7) is 4.14. The van der Waals surface area contributed by atoms with Crippen LogP contribution in [0, 0.1) is 12.2 Å². The molecular formula is C8H11N2O. The molecule has 0 unspecified atom stereocenters. The van der Waals surface area contributed by atoms with Crippen molar-refractivity contribution in [3.8, 4) is 5.75 Å². The second kappa shape index (κ2) is 3.32. The molecule has 11 heavy (non-hydrogen) atoms. The minimum atomic E-state index is 0.164. The molecule has 59 valence electrons. The van der Waals surface area contributed by atoms with Crippen LogP contribution in [0.1, 0.15) is 19.5 Å².